The lowest BCUT2D eigenvalue weighted by molar-refractivity contribution is -0.109. The molecule has 1 N–H and O–H groups in total. The van der Waals surface area contributed by atoms with E-state index in [1.54, 1.807) is 24.3 Å². The molecule has 1 rings (SSSR count). The molecule has 0 aromatic heterocycles. The van der Waals surface area contributed by atoms with Crippen LogP contribution in [-0.2, 0) is 4.79 Å². The summed E-state index contributed by atoms with van der Waals surface area (Å²) < 4.78 is 5.02. The second-order valence-electron chi connectivity index (χ2n) is 3.73. The fraction of sp³-hybridized carbons (Fsp3) is 0.385. The molecule has 0 aliphatic carbocycles. The maximum atomic E-state index is 11.5. The van der Waals surface area contributed by atoms with Crippen molar-refractivity contribution in [3.63, 3.8) is 0 Å². The van der Waals surface area contributed by atoms with Crippen LogP contribution in [0.3, 0.4) is 0 Å². The van der Waals surface area contributed by atoms with Crippen LogP contribution in [0.1, 0.15) is 26.2 Å². The number of carbonyl (C=O) groups excluding carboxylic acids is 2. The van der Waals surface area contributed by atoms with Gasteiger partial charge in [-0.1, -0.05) is 38.0 Å². The van der Waals surface area contributed by atoms with E-state index in [2.05, 4.69) is 5.32 Å². The summed E-state index contributed by atoms with van der Waals surface area (Å²) in [7, 11) is 0. The molecule has 1 aromatic carbocycles. The van der Waals surface area contributed by atoms with Crippen molar-refractivity contribution in [3.05, 3.63) is 30.3 Å². The van der Waals surface area contributed by atoms with E-state index in [0.29, 0.717) is 12.2 Å². The van der Waals surface area contributed by atoms with Crippen LogP contribution in [0.15, 0.2) is 30.3 Å². The van der Waals surface area contributed by atoms with Crippen LogP contribution in [-0.4, -0.2) is 18.4 Å². The number of para-hydroxylation sites is 1. The second kappa shape index (κ2) is 7.44. The van der Waals surface area contributed by atoms with Gasteiger partial charge in [0, 0.05) is 0 Å². The number of unbranched alkanes of at least 4 members (excludes halogenated alkanes) is 1. The monoisotopic (exact) mass is 235 g/mol. The SMILES string of the molecule is CCCCC(C=O)NC(=O)Oc1ccccc1. The molecule has 0 aliphatic rings. The Balaban J connectivity index is 2.40. The van der Waals surface area contributed by atoms with E-state index in [1.165, 1.54) is 0 Å². The zero-order chi connectivity index (χ0) is 12.5. The van der Waals surface area contributed by atoms with Crippen molar-refractivity contribution in [1.82, 2.24) is 5.32 Å². The van der Waals surface area contributed by atoms with Gasteiger partial charge in [0.1, 0.15) is 12.0 Å². The Morgan fingerprint density at radius 1 is 1.41 bits per heavy atom. The highest BCUT2D eigenvalue weighted by Crippen LogP contribution is 2.08. The first kappa shape index (κ1) is 13.2. The molecule has 0 bridgehead atoms. The van der Waals surface area contributed by atoms with Gasteiger partial charge in [-0.15, -0.1) is 0 Å². The minimum absolute atomic E-state index is 0.463. The molecule has 92 valence electrons. The largest absolute Gasteiger partial charge is 0.413 e. The number of benzene rings is 1. The van der Waals surface area contributed by atoms with E-state index >= 15 is 0 Å². The molecule has 0 saturated heterocycles. The van der Waals surface area contributed by atoms with Crippen LogP contribution < -0.4 is 10.1 Å². The summed E-state index contributed by atoms with van der Waals surface area (Å²) in [6.07, 6.45) is 2.67. The van der Waals surface area contributed by atoms with Crippen molar-refractivity contribution < 1.29 is 14.3 Å². The van der Waals surface area contributed by atoms with Crippen molar-refractivity contribution in [2.45, 2.75) is 32.2 Å². The van der Waals surface area contributed by atoms with Gasteiger partial charge in [-0.2, -0.15) is 0 Å². The smallest absolute Gasteiger partial charge is 0.410 e. The molecule has 0 aliphatic heterocycles. The van der Waals surface area contributed by atoms with Crippen LogP contribution in [0, 0.1) is 0 Å². The first-order valence-electron chi connectivity index (χ1n) is 5.75. The average molecular weight is 235 g/mol. The molecule has 0 fully saturated rings. The summed E-state index contributed by atoms with van der Waals surface area (Å²) in [5, 5.41) is 2.52. The van der Waals surface area contributed by atoms with Crippen LogP contribution in [0.25, 0.3) is 0 Å². The number of hydrogen-bond acceptors (Lipinski definition) is 3. The molecule has 4 heteroatoms. The number of hydrogen-bond donors (Lipinski definition) is 1. The van der Waals surface area contributed by atoms with Gasteiger partial charge in [0.05, 0.1) is 6.04 Å². The first-order chi connectivity index (χ1) is 8.26. The third kappa shape index (κ3) is 5.15. The maximum Gasteiger partial charge on any atom is 0.413 e. The highest BCUT2D eigenvalue weighted by molar-refractivity contribution is 5.75. The maximum absolute atomic E-state index is 11.5. The predicted octanol–water partition coefficient (Wildman–Crippen LogP) is 2.53. The number of amides is 1. The molecule has 4 nitrogen and oxygen atoms in total. The van der Waals surface area contributed by atoms with Crippen molar-refractivity contribution in [2.75, 3.05) is 0 Å². The Morgan fingerprint density at radius 2 is 2.12 bits per heavy atom. The lowest BCUT2D eigenvalue weighted by atomic mass is 10.1. The molecule has 0 heterocycles. The Morgan fingerprint density at radius 3 is 2.71 bits per heavy atom. The molecule has 0 saturated carbocycles. The van der Waals surface area contributed by atoms with Crippen LogP contribution >= 0.6 is 0 Å². The van der Waals surface area contributed by atoms with Crippen LogP contribution in [0.2, 0.25) is 0 Å². The van der Waals surface area contributed by atoms with Gasteiger partial charge in [-0.25, -0.2) is 4.79 Å². The summed E-state index contributed by atoms with van der Waals surface area (Å²) in [4.78, 5) is 22.2. The zero-order valence-electron chi connectivity index (χ0n) is 9.89. The molecular weight excluding hydrogens is 218 g/mol. The third-order valence-corrected chi connectivity index (χ3v) is 2.29. The summed E-state index contributed by atoms with van der Waals surface area (Å²) in [6.45, 7) is 2.03. The number of nitrogens with one attached hydrogen (secondary N) is 1. The molecule has 0 spiro atoms. The lowest BCUT2D eigenvalue weighted by Crippen LogP contribution is -2.37. The van der Waals surface area contributed by atoms with E-state index in [-0.39, 0.29) is 0 Å². The normalized spacial score (nSPS) is 11.6. The Kier molecular flexibility index (Phi) is 5.79. The Bertz CT molecular complexity index is 351. The molecule has 1 amide bonds. The number of ether oxygens (including phenoxy) is 1. The summed E-state index contributed by atoms with van der Waals surface area (Å²) in [5.74, 6) is 0.463. The standard InChI is InChI=1S/C13H17NO3/c1-2-3-7-11(10-15)14-13(16)17-12-8-5-4-6-9-12/h4-6,8-11H,2-3,7H2,1H3,(H,14,16). The van der Waals surface area contributed by atoms with Crippen molar-refractivity contribution in [1.29, 1.82) is 0 Å². The molecule has 0 radical (unpaired) electrons. The zero-order valence-corrected chi connectivity index (χ0v) is 9.89. The van der Waals surface area contributed by atoms with Gasteiger partial charge in [0.2, 0.25) is 0 Å². The first-order valence-corrected chi connectivity index (χ1v) is 5.75. The molecule has 1 unspecified atom stereocenters. The van der Waals surface area contributed by atoms with E-state index in [4.69, 9.17) is 4.74 Å². The van der Waals surface area contributed by atoms with Crippen molar-refractivity contribution in [3.8, 4) is 5.75 Å². The van der Waals surface area contributed by atoms with Gasteiger partial charge >= 0.3 is 6.09 Å². The summed E-state index contributed by atoms with van der Waals surface area (Å²) in [5.41, 5.74) is 0. The summed E-state index contributed by atoms with van der Waals surface area (Å²) in [6, 6.07) is 8.28. The highest BCUT2D eigenvalue weighted by atomic mass is 16.6. The number of carbonyl (C=O) groups is 2. The molecule has 1 atom stereocenters. The molecule has 1 aromatic rings. The highest BCUT2D eigenvalue weighted by Gasteiger charge is 2.11. The second-order valence-corrected chi connectivity index (χ2v) is 3.73. The minimum atomic E-state index is -0.593. The van der Waals surface area contributed by atoms with Crippen molar-refractivity contribution in [2.24, 2.45) is 0 Å². The Hall–Kier alpha value is -1.84. The minimum Gasteiger partial charge on any atom is -0.410 e. The number of rotatable bonds is 6. The predicted molar refractivity (Wildman–Crippen MR) is 65.0 cm³/mol. The van der Waals surface area contributed by atoms with Crippen molar-refractivity contribution >= 4 is 12.4 Å². The molecular formula is C13H17NO3. The van der Waals surface area contributed by atoms with Crippen LogP contribution in [0.4, 0.5) is 4.79 Å². The lowest BCUT2D eigenvalue weighted by Gasteiger charge is -2.12. The van der Waals surface area contributed by atoms with E-state index < -0.39 is 12.1 Å². The summed E-state index contributed by atoms with van der Waals surface area (Å²) >= 11 is 0. The number of aldehydes is 1. The third-order valence-electron chi connectivity index (χ3n) is 2.29. The van der Waals surface area contributed by atoms with Gasteiger partial charge in [0.15, 0.2) is 0 Å². The van der Waals surface area contributed by atoms with Gasteiger partial charge in [-0.05, 0) is 18.6 Å². The quantitative estimate of drug-likeness (QED) is 0.771. The van der Waals surface area contributed by atoms with E-state index in [9.17, 15) is 9.59 Å². The van der Waals surface area contributed by atoms with Gasteiger partial charge in [0.25, 0.3) is 0 Å². The van der Waals surface area contributed by atoms with Gasteiger partial charge in [-0.3, -0.25) is 0 Å². The fourth-order valence-corrected chi connectivity index (χ4v) is 1.37. The van der Waals surface area contributed by atoms with E-state index in [0.717, 1.165) is 19.1 Å². The topological polar surface area (TPSA) is 55.4 Å². The van der Waals surface area contributed by atoms with Crippen LogP contribution in [0.5, 0.6) is 5.75 Å². The fourth-order valence-electron chi connectivity index (χ4n) is 1.37. The molecule has 17 heavy (non-hydrogen) atoms. The Labute approximate surface area is 101 Å². The van der Waals surface area contributed by atoms with E-state index in [1.807, 2.05) is 13.0 Å². The van der Waals surface area contributed by atoms with Gasteiger partial charge < -0.3 is 14.8 Å². The average Bonchev–Trinajstić information content (AvgIpc) is 2.35.